The third-order valence-corrected chi connectivity index (χ3v) is 4.45. The second-order valence-electron chi connectivity index (χ2n) is 6.77. The van der Waals surface area contributed by atoms with Crippen LogP contribution in [0.2, 0.25) is 0 Å². The van der Waals surface area contributed by atoms with E-state index in [9.17, 15) is 9.18 Å². The van der Waals surface area contributed by atoms with Crippen LogP contribution in [-0.4, -0.2) is 47.9 Å². The number of likely N-dealkylation sites (N-methyl/N-ethyl adjacent to an activating group) is 1. The number of aromatic nitrogens is 1. The molecule has 2 aromatic rings. The topological polar surface area (TPSA) is 49.6 Å². The van der Waals surface area contributed by atoms with Gasteiger partial charge in [-0.2, -0.15) is 0 Å². The molecule has 3 rings (SSSR count). The zero-order chi connectivity index (χ0) is 17.8. The maximum atomic E-state index is 13.8. The Labute approximate surface area is 147 Å². The Hall–Kier alpha value is -2.21. The van der Waals surface area contributed by atoms with Crippen molar-refractivity contribution in [3.05, 3.63) is 53.5 Å². The van der Waals surface area contributed by atoms with E-state index in [0.717, 1.165) is 25.8 Å². The Kier molecular flexibility index (Phi) is 5.48. The fourth-order valence-corrected chi connectivity index (χ4v) is 3.24. The van der Waals surface area contributed by atoms with E-state index in [1.807, 2.05) is 23.9 Å². The normalized spacial score (nSPS) is 17.9. The molecule has 1 amide bonds. The Balaban J connectivity index is 1.75. The number of hydrogen-bond acceptors (Lipinski definition) is 4. The minimum absolute atomic E-state index is 0.0866. The van der Waals surface area contributed by atoms with Gasteiger partial charge in [-0.15, -0.1) is 0 Å². The van der Waals surface area contributed by atoms with E-state index < -0.39 is 0 Å². The molecule has 0 bridgehead atoms. The number of amides is 1. The number of halogens is 1. The average Bonchev–Trinajstić information content (AvgIpc) is 3.05. The molecule has 5 nitrogen and oxygen atoms in total. The molecule has 1 saturated heterocycles. The molecule has 1 aliphatic rings. The van der Waals surface area contributed by atoms with Gasteiger partial charge in [0.1, 0.15) is 17.6 Å². The fourth-order valence-electron chi connectivity index (χ4n) is 3.24. The van der Waals surface area contributed by atoms with Crippen molar-refractivity contribution in [3.63, 3.8) is 0 Å². The van der Waals surface area contributed by atoms with Crippen LogP contribution < -0.4 is 0 Å². The lowest BCUT2D eigenvalue weighted by Gasteiger charge is -2.34. The number of rotatable bonds is 5. The fraction of sp³-hybridized carbons (Fsp3) is 0.474. The lowest BCUT2D eigenvalue weighted by molar-refractivity contribution is -0.136. The van der Waals surface area contributed by atoms with E-state index in [1.54, 1.807) is 24.4 Å². The van der Waals surface area contributed by atoms with Crippen LogP contribution in [0, 0.1) is 5.82 Å². The van der Waals surface area contributed by atoms with Crippen LogP contribution >= 0.6 is 0 Å². The summed E-state index contributed by atoms with van der Waals surface area (Å²) >= 11 is 0. The number of likely N-dealkylation sites (tertiary alicyclic amines) is 1. The van der Waals surface area contributed by atoms with Crippen LogP contribution in [-0.2, 0) is 11.2 Å². The largest absolute Gasteiger partial charge is 0.443 e. The van der Waals surface area contributed by atoms with E-state index in [-0.39, 0.29) is 17.8 Å². The van der Waals surface area contributed by atoms with Crippen molar-refractivity contribution < 1.29 is 13.6 Å². The summed E-state index contributed by atoms with van der Waals surface area (Å²) in [6, 6.07) is 6.52. The van der Waals surface area contributed by atoms with Crippen molar-refractivity contribution in [2.75, 3.05) is 27.2 Å². The average molecular weight is 345 g/mol. The molecule has 0 unspecified atom stereocenters. The van der Waals surface area contributed by atoms with Crippen molar-refractivity contribution in [1.29, 1.82) is 0 Å². The Morgan fingerprint density at radius 3 is 2.92 bits per heavy atom. The highest BCUT2D eigenvalue weighted by atomic mass is 19.1. The molecule has 2 heterocycles. The zero-order valence-electron chi connectivity index (χ0n) is 14.7. The van der Waals surface area contributed by atoms with Gasteiger partial charge in [-0.3, -0.25) is 4.79 Å². The SMILES string of the molecule is CN(C)CC(=O)N1CCCC[C@H]1c1ncc(Cc2ccccc2F)o1. The predicted octanol–water partition coefficient (Wildman–Crippen LogP) is 3.02. The predicted molar refractivity (Wildman–Crippen MR) is 92.6 cm³/mol. The molecule has 1 aromatic heterocycles. The van der Waals surface area contributed by atoms with Crippen LogP contribution in [0.15, 0.2) is 34.9 Å². The molecule has 1 aromatic carbocycles. The standard InChI is InChI=1S/C19H24FN3O2/c1-22(2)13-18(24)23-10-6-5-9-17(23)19-21-12-15(25-19)11-14-7-3-4-8-16(14)20/h3-4,7-8,12,17H,5-6,9-11,13H2,1-2H3/t17-/m0/s1. The lowest BCUT2D eigenvalue weighted by Crippen LogP contribution is -2.42. The minimum Gasteiger partial charge on any atom is -0.443 e. The molecular formula is C19H24FN3O2. The Morgan fingerprint density at radius 1 is 1.36 bits per heavy atom. The van der Waals surface area contributed by atoms with Crippen LogP contribution in [0.3, 0.4) is 0 Å². The van der Waals surface area contributed by atoms with Crippen molar-refractivity contribution in [2.45, 2.75) is 31.7 Å². The Bertz CT molecular complexity index is 729. The molecule has 6 heteroatoms. The molecule has 0 spiro atoms. The first-order valence-corrected chi connectivity index (χ1v) is 8.67. The third kappa shape index (κ3) is 4.25. The lowest BCUT2D eigenvalue weighted by atomic mass is 10.0. The van der Waals surface area contributed by atoms with Crippen molar-refractivity contribution in [1.82, 2.24) is 14.8 Å². The van der Waals surface area contributed by atoms with Crippen LogP contribution in [0.5, 0.6) is 0 Å². The number of carbonyl (C=O) groups excluding carboxylic acids is 1. The van der Waals surface area contributed by atoms with E-state index in [2.05, 4.69) is 4.98 Å². The van der Waals surface area contributed by atoms with Gasteiger partial charge in [0.05, 0.1) is 12.7 Å². The number of carbonyl (C=O) groups is 1. The molecule has 1 aliphatic heterocycles. The molecule has 1 fully saturated rings. The van der Waals surface area contributed by atoms with E-state index in [0.29, 0.717) is 30.2 Å². The monoisotopic (exact) mass is 345 g/mol. The van der Waals surface area contributed by atoms with Gasteiger partial charge in [0.25, 0.3) is 0 Å². The molecule has 0 saturated carbocycles. The number of oxazole rings is 1. The van der Waals surface area contributed by atoms with Crippen LogP contribution in [0.1, 0.15) is 42.5 Å². The van der Waals surface area contributed by atoms with Crippen molar-refractivity contribution in [2.24, 2.45) is 0 Å². The quantitative estimate of drug-likeness (QED) is 0.836. The molecular weight excluding hydrogens is 321 g/mol. The molecule has 0 radical (unpaired) electrons. The maximum absolute atomic E-state index is 13.8. The van der Waals surface area contributed by atoms with Crippen molar-refractivity contribution in [3.8, 4) is 0 Å². The van der Waals surface area contributed by atoms with Gasteiger partial charge in [0.2, 0.25) is 11.8 Å². The summed E-state index contributed by atoms with van der Waals surface area (Å²) in [5, 5.41) is 0. The smallest absolute Gasteiger partial charge is 0.237 e. The van der Waals surface area contributed by atoms with Gasteiger partial charge in [-0.05, 0) is 45.0 Å². The zero-order valence-corrected chi connectivity index (χ0v) is 14.7. The summed E-state index contributed by atoms with van der Waals surface area (Å²) in [4.78, 5) is 20.6. The summed E-state index contributed by atoms with van der Waals surface area (Å²) in [7, 11) is 3.77. The summed E-state index contributed by atoms with van der Waals surface area (Å²) < 4.78 is 19.7. The van der Waals surface area contributed by atoms with Gasteiger partial charge < -0.3 is 14.2 Å². The summed E-state index contributed by atoms with van der Waals surface area (Å²) in [5.41, 5.74) is 0.578. The Morgan fingerprint density at radius 2 is 2.16 bits per heavy atom. The first-order chi connectivity index (χ1) is 12.0. The van der Waals surface area contributed by atoms with E-state index in [4.69, 9.17) is 4.42 Å². The van der Waals surface area contributed by atoms with Gasteiger partial charge in [-0.1, -0.05) is 18.2 Å². The highest BCUT2D eigenvalue weighted by Crippen LogP contribution is 2.31. The number of nitrogens with zero attached hydrogens (tertiary/aromatic N) is 3. The van der Waals surface area contributed by atoms with E-state index >= 15 is 0 Å². The first-order valence-electron chi connectivity index (χ1n) is 8.67. The second-order valence-corrected chi connectivity index (χ2v) is 6.77. The summed E-state index contributed by atoms with van der Waals surface area (Å²) in [5.74, 6) is 1.01. The molecule has 134 valence electrons. The third-order valence-electron chi connectivity index (χ3n) is 4.45. The summed E-state index contributed by atoms with van der Waals surface area (Å²) in [6.07, 6.45) is 4.89. The molecule has 1 atom stereocenters. The van der Waals surface area contributed by atoms with E-state index in [1.165, 1.54) is 6.07 Å². The summed E-state index contributed by atoms with van der Waals surface area (Å²) in [6.45, 7) is 1.10. The first kappa shape index (κ1) is 17.6. The number of piperidine rings is 1. The molecule has 0 aliphatic carbocycles. The highest BCUT2D eigenvalue weighted by Gasteiger charge is 2.31. The van der Waals surface area contributed by atoms with Gasteiger partial charge in [-0.25, -0.2) is 9.37 Å². The molecule has 25 heavy (non-hydrogen) atoms. The van der Waals surface area contributed by atoms with Crippen LogP contribution in [0.25, 0.3) is 0 Å². The maximum Gasteiger partial charge on any atom is 0.237 e. The second kappa shape index (κ2) is 7.78. The number of benzene rings is 1. The van der Waals surface area contributed by atoms with Crippen molar-refractivity contribution >= 4 is 5.91 Å². The van der Waals surface area contributed by atoms with Crippen LogP contribution in [0.4, 0.5) is 4.39 Å². The highest BCUT2D eigenvalue weighted by molar-refractivity contribution is 5.78. The van der Waals surface area contributed by atoms with Gasteiger partial charge >= 0.3 is 0 Å². The van der Waals surface area contributed by atoms with Gasteiger partial charge in [0.15, 0.2) is 0 Å². The number of hydrogen-bond donors (Lipinski definition) is 0. The minimum atomic E-state index is -0.249. The van der Waals surface area contributed by atoms with Gasteiger partial charge in [0, 0.05) is 13.0 Å². The molecule has 0 N–H and O–H groups in total.